The minimum atomic E-state index is -3.55. The van der Waals surface area contributed by atoms with Gasteiger partial charge in [0.1, 0.15) is 0 Å². The maximum absolute atomic E-state index is 13.1. The molecule has 0 aromatic carbocycles. The smallest absolute Gasteiger partial charge is 0.463 e. The van der Waals surface area contributed by atoms with E-state index in [4.69, 9.17) is 23.0 Å². The summed E-state index contributed by atoms with van der Waals surface area (Å²) in [5.41, 5.74) is 0. The fourth-order valence-corrected chi connectivity index (χ4v) is 4.74. The van der Waals surface area contributed by atoms with Gasteiger partial charge in [-0.25, -0.2) is 14.2 Å². The summed E-state index contributed by atoms with van der Waals surface area (Å²) in [5, 5.41) is 0. The Balaban J connectivity index is 4.01. The van der Waals surface area contributed by atoms with Gasteiger partial charge in [0.25, 0.3) is 0 Å². The van der Waals surface area contributed by atoms with E-state index in [1.807, 2.05) is 0 Å². The normalized spacial score (nSPS) is 11.3. The van der Waals surface area contributed by atoms with Crippen molar-refractivity contribution in [3.05, 3.63) is 25.3 Å². The molecule has 0 radical (unpaired) electrons. The molecule has 0 aromatic rings. The molecule has 0 aromatic heterocycles. The molecular formula is C28H51O8P. The quantitative estimate of drug-likeness (QED) is 0.0423. The zero-order chi connectivity index (χ0) is 27.5. The van der Waals surface area contributed by atoms with Gasteiger partial charge in [-0.3, -0.25) is 13.6 Å². The van der Waals surface area contributed by atoms with E-state index in [-0.39, 0.29) is 11.9 Å². The van der Waals surface area contributed by atoms with Crippen LogP contribution in [0.1, 0.15) is 110 Å². The van der Waals surface area contributed by atoms with E-state index in [2.05, 4.69) is 20.1 Å². The average Bonchev–Trinajstić information content (AvgIpc) is 2.90. The molecule has 0 aliphatic rings. The molecule has 0 spiro atoms. The SMILES string of the molecule is C=CC(=O)OCCCCCCCCOP(=O)(OCCCCCC)OCCCCCCCCOC(=O)C=C. The van der Waals surface area contributed by atoms with E-state index in [1.54, 1.807) is 0 Å². The maximum atomic E-state index is 13.1. The van der Waals surface area contributed by atoms with Gasteiger partial charge in [0, 0.05) is 12.2 Å². The van der Waals surface area contributed by atoms with Gasteiger partial charge in [0.15, 0.2) is 0 Å². The van der Waals surface area contributed by atoms with Crippen molar-refractivity contribution >= 4 is 19.8 Å². The lowest BCUT2D eigenvalue weighted by Gasteiger charge is -2.18. The highest BCUT2D eigenvalue weighted by Gasteiger charge is 2.26. The predicted molar refractivity (Wildman–Crippen MR) is 147 cm³/mol. The predicted octanol–water partition coefficient (Wildman–Crippen LogP) is 7.86. The summed E-state index contributed by atoms with van der Waals surface area (Å²) < 4.78 is 39.8. The van der Waals surface area contributed by atoms with Gasteiger partial charge >= 0.3 is 19.8 Å². The standard InChI is InChI=1S/C28H51O8P/c1-4-7-8-19-24-34-37(31,35-25-20-15-11-9-13-17-22-32-27(29)5-2)36-26-21-16-12-10-14-18-23-33-28(30)6-3/h5-6H,2-4,7-26H2,1H3. The van der Waals surface area contributed by atoms with Crippen LogP contribution in [0.15, 0.2) is 25.3 Å². The Labute approximate surface area is 225 Å². The second-order valence-corrected chi connectivity index (χ2v) is 10.7. The van der Waals surface area contributed by atoms with Crippen LogP contribution in [0, 0.1) is 0 Å². The molecule has 0 fully saturated rings. The fourth-order valence-electron chi connectivity index (χ4n) is 3.46. The number of ether oxygens (including phenoxy) is 2. The molecule has 0 unspecified atom stereocenters. The largest absolute Gasteiger partial charge is 0.474 e. The molecule has 0 saturated carbocycles. The molecule has 0 aliphatic carbocycles. The van der Waals surface area contributed by atoms with E-state index in [0.717, 1.165) is 103 Å². The zero-order valence-corrected chi connectivity index (χ0v) is 24.0. The number of carbonyl (C=O) groups excluding carboxylic acids is 2. The van der Waals surface area contributed by atoms with Gasteiger partial charge < -0.3 is 9.47 Å². The Morgan fingerprint density at radius 1 is 0.541 bits per heavy atom. The summed E-state index contributed by atoms with van der Waals surface area (Å²) >= 11 is 0. The summed E-state index contributed by atoms with van der Waals surface area (Å²) in [6.07, 6.45) is 17.9. The van der Waals surface area contributed by atoms with Crippen molar-refractivity contribution in [3.63, 3.8) is 0 Å². The first-order chi connectivity index (χ1) is 18.0. The lowest BCUT2D eigenvalue weighted by molar-refractivity contribution is -0.138. The summed E-state index contributed by atoms with van der Waals surface area (Å²) in [6, 6.07) is 0. The monoisotopic (exact) mass is 546 g/mol. The van der Waals surface area contributed by atoms with Gasteiger partial charge in [-0.15, -0.1) is 0 Å². The van der Waals surface area contributed by atoms with Crippen molar-refractivity contribution in [1.82, 2.24) is 0 Å². The molecule has 0 aliphatic heterocycles. The molecule has 0 heterocycles. The fraction of sp³-hybridized carbons (Fsp3) is 0.786. The van der Waals surface area contributed by atoms with Crippen molar-refractivity contribution in [3.8, 4) is 0 Å². The van der Waals surface area contributed by atoms with Crippen LogP contribution in [0.2, 0.25) is 0 Å². The van der Waals surface area contributed by atoms with E-state index in [1.165, 1.54) is 12.2 Å². The Bertz CT molecular complexity index is 594. The van der Waals surface area contributed by atoms with Gasteiger partial charge in [-0.05, 0) is 32.1 Å². The number of hydrogen-bond acceptors (Lipinski definition) is 8. The number of esters is 2. The molecule has 0 amide bonds. The lowest BCUT2D eigenvalue weighted by atomic mass is 10.1. The topological polar surface area (TPSA) is 97.4 Å². The summed E-state index contributed by atoms with van der Waals surface area (Å²) in [6.45, 7) is 10.8. The highest BCUT2D eigenvalue weighted by molar-refractivity contribution is 7.48. The number of phosphoric ester groups is 1. The van der Waals surface area contributed by atoms with Crippen LogP contribution in [0.25, 0.3) is 0 Å². The Kier molecular flexibility index (Phi) is 25.1. The van der Waals surface area contributed by atoms with Crippen molar-refractivity contribution in [2.45, 2.75) is 110 Å². The lowest BCUT2D eigenvalue weighted by Crippen LogP contribution is -2.04. The number of unbranched alkanes of at least 4 members (excludes halogenated alkanes) is 13. The molecule has 0 N–H and O–H groups in total. The van der Waals surface area contributed by atoms with Crippen LogP contribution >= 0.6 is 7.82 Å². The zero-order valence-electron chi connectivity index (χ0n) is 23.1. The van der Waals surface area contributed by atoms with Crippen LogP contribution in [0.3, 0.4) is 0 Å². The maximum Gasteiger partial charge on any atom is 0.474 e. The highest BCUT2D eigenvalue weighted by atomic mass is 31.2. The van der Waals surface area contributed by atoms with Crippen molar-refractivity contribution < 1.29 is 37.2 Å². The van der Waals surface area contributed by atoms with Crippen molar-refractivity contribution in [1.29, 1.82) is 0 Å². The van der Waals surface area contributed by atoms with Crippen LogP contribution in [-0.2, 0) is 37.2 Å². The van der Waals surface area contributed by atoms with Gasteiger partial charge in [0.2, 0.25) is 0 Å². The molecule has 37 heavy (non-hydrogen) atoms. The van der Waals surface area contributed by atoms with Crippen molar-refractivity contribution in [2.24, 2.45) is 0 Å². The second-order valence-electron chi connectivity index (χ2n) is 8.99. The van der Waals surface area contributed by atoms with Crippen LogP contribution in [0.5, 0.6) is 0 Å². The first-order valence-electron chi connectivity index (χ1n) is 14.1. The first-order valence-corrected chi connectivity index (χ1v) is 15.6. The third-order valence-corrected chi connectivity index (χ3v) is 7.14. The molecule has 0 atom stereocenters. The molecule has 9 heteroatoms. The molecule has 8 nitrogen and oxygen atoms in total. The second kappa shape index (κ2) is 26.1. The van der Waals surface area contributed by atoms with E-state index >= 15 is 0 Å². The van der Waals surface area contributed by atoms with Crippen LogP contribution in [0.4, 0.5) is 0 Å². The molecule has 0 saturated heterocycles. The van der Waals surface area contributed by atoms with Crippen molar-refractivity contribution in [2.75, 3.05) is 33.0 Å². The highest BCUT2D eigenvalue weighted by Crippen LogP contribution is 2.50. The number of hydrogen-bond donors (Lipinski definition) is 0. The minimum absolute atomic E-state index is 0.347. The van der Waals surface area contributed by atoms with Gasteiger partial charge in [0.05, 0.1) is 33.0 Å². The average molecular weight is 547 g/mol. The number of phosphoric acid groups is 1. The third-order valence-electron chi connectivity index (χ3n) is 5.65. The van der Waals surface area contributed by atoms with E-state index < -0.39 is 7.82 Å². The minimum Gasteiger partial charge on any atom is -0.463 e. The Morgan fingerprint density at radius 2 is 0.838 bits per heavy atom. The van der Waals surface area contributed by atoms with Gasteiger partial charge in [-0.2, -0.15) is 0 Å². The summed E-state index contributed by atoms with van der Waals surface area (Å²) in [7, 11) is -3.55. The Morgan fingerprint density at radius 3 is 1.16 bits per heavy atom. The van der Waals surface area contributed by atoms with E-state index in [0.29, 0.717) is 33.0 Å². The van der Waals surface area contributed by atoms with Crippen LogP contribution in [-0.4, -0.2) is 45.0 Å². The van der Waals surface area contributed by atoms with Crippen LogP contribution < -0.4 is 0 Å². The number of carbonyl (C=O) groups is 2. The van der Waals surface area contributed by atoms with E-state index in [9.17, 15) is 14.2 Å². The number of rotatable bonds is 28. The molecule has 0 rings (SSSR count). The molecule has 216 valence electrons. The molecule has 0 bridgehead atoms. The van der Waals surface area contributed by atoms with Gasteiger partial charge in [-0.1, -0.05) is 90.7 Å². The third kappa shape index (κ3) is 24.6. The first kappa shape index (κ1) is 35.5. The molecular weight excluding hydrogens is 495 g/mol. The Hall–Kier alpha value is -1.47. The summed E-state index contributed by atoms with van der Waals surface area (Å²) in [5.74, 6) is -0.755. The summed E-state index contributed by atoms with van der Waals surface area (Å²) in [4.78, 5) is 22.0.